The van der Waals surface area contributed by atoms with Crippen molar-refractivity contribution in [3.63, 3.8) is 0 Å². The number of ether oxygens (including phenoxy) is 1. The fraction of sp³-hybridized carbons (Fsp3) is 1.00. The molecule has 0 aliphatic carbocycles. The minimum atomic E-state index is -2.82. The number of sulfone groups is 1. The Bertz CT molecular complexity index is 322. The van der Waals surface area contributed by atoms with Crippen molar-refractivity contribution in [3.05, 3.63) is 0 Å². The van der Waals surface area contributed by atoms with Crippen molar-refractivity contribution in [2.75, 3.05) is 31.8 Å². The van der Waals surface area contributed by atoms with Gasteiger partial charge in [-0.3, -0.25) is 4.48 Å². The van der Waals surface area contributed by atoms with Crippen molar-refractivity contribution in [2.24, 2.45) is 0 Å². The van der Waals surface area contributed by atoms with Crippen LogP contribution >= 0.6 is 0 Å². The number of quaternary nitrogens is 1. The molecule has 1 spiro atoms. The highest BCUT2D eigenvalue weighted by Crippen LogP contribution is 2.45. The molecule has 0 saturated carbocycles. The summed E-state index contributed by atoms with van der Waals surface area (Å²) in [6.45, 7) is 3.79. The van der Waals surface area contributed by atoms with Crippen LogP contribution in [0.3, 0.4) is 0 Å². The largest absolute Gasteiger partial charge is 0.326 e. The van der Waals surface area contributed by atoms with Crippen molar-refractivity contribution in [3.8, 4) is 0 Å². The van der Waals surface area contributed by atoms with Crippen LogP contribution < -0.4 is 0 Å². The molecule has 5 heteroatoms. The second-order valence-corrected chi connectivity index (χ2v) is 6.49. The lowest BCUT2D eigenvalue weighted by atomic mass is 10.4. The average molecular weight is 206 g/mol. The second-order valence-electron chi connectivity index (χ2n) is 4.34. The molecule has 0 aromatic heterocycles. The van der Waals surface area contributed by atoms with Crippen LogP contribution in [0.4, 0.5) is 0 Å². The standard InChI is InChI=1S/C8H16NO3S/c1-8(12-2)6-9(8)4-3-5-13(10,11)7-9/h3-7H2,1-2H3/q+1. The predicted octanol–water partition coefficient (Wildman–Crippen LogP) is -0.0446. The Labute approximate surface area is 79.0 Å². The van der Waals surface area contributed by atoms with E-state index >= 15 is 0 Å². The molecule has 0 aromatic rings. The number of nitrogens with zero attached hydrogens (tertiary/aromatic N) is 1. The zero-order chi connectivity index (χ0) is 9.74. The van der Waals surface area contributed by atoms with Crippen LogP contribution in [0.5, 0.6) is 0 Å². The Morgan fingerprint density at radius 2 is 2.15 bits per heavy atom. The molecular weight excluding hydrogens is 190 g/mol. The van der Waals surface area contributed by atoms with E-state index in [1.165, 1.54) is 0 Å². The van der Waals surface area contributed by atoms with Gasteiger partial charge in [0.2, 0.25) is 9.84 Å². The number of hydrogen-bond donors (Lipinski definition) is 0. The molecule has 2 unspecified atom stereocenters. The van der Waals surface area contributed by atoms with Crippen LogP contribution in [0.15, 0.2) is 0 Å². The summed E-state index contributed by atoms with van der Waals surface area (Å²) in [5.74, 6) is 0.629. The Balaban J connectivity index is 2.20. The Morgan fingerprint density at radius 1 is 1.46 bits per heavy atom. The van der Waals surface area contributed by atoms with Crippen molar-refractivity contribution in [1.29, 1.82) is 0 Å². The monoisotopic (exact) mass is 206 g/mol. The minimum Gasteiger partial charge on any atom is -0.326 e. The van der Waals surface area contributed by atoms with Crippen LogP contribution in [0.2, 0.25) is 0 Å². The molecule has 2 rings (SSSR count). The highest BCUT2D eigenvalue weighted by Gasteiger charge is 2.69. The summed E-state index contributed by atoms with van der Waals surface area (Å²) in [6.07, 6.45) is 0.779. The van der Waals surface area contributed by atoms with E-state index in [2.05, 4.69) is 0 Å². The molecule has 13 heavy (non-hydrogen) atoms. The van der Waals surface area contributed by atoms with Crippen LogP contribution in [-0.2, 0) is 14.6 Å². The third-order valence-corrected chi connectivity index (χ3v) is 5.22. The van der Waals surface area contributed by atoms with E-state index in [1.807, 2.05) is 6.92 Å². The molecule has 0 N–H and O–H groups in total. The van der Waals surface area contributed by atoms with E-state index in [0.29, 0.717) is 10.2 Å². The van der Waals surface area contributed by atoms with Crippen LogP contribution in [0.25, 0.3) is 0 Å². The molecule has 2 aliphatic rings. The maximum Gasteiger partial charge on any atom is 0.251 e. The summed E-state index contributed by atoms with van der Waals surface area (Å²) >= 11 is 0. The van der Waals surface area contributed by atoms with Gasteiger partial charge in [0.25, 0.3) is 5.72 Å². The van der Waals surface area contributed by atoms with E-state index in [1.54, 1.807) is 7.11 Å². The quantitative estimate of drug-likeness (QED) is 0.446. The van der Waals surface area contributed by atoms with Gasteiger partial charge in [-0.05, 0) is 0 Å². The zero-order valence-corrected chi connectivity index (χ0v) is 8.93. The molecule has 76 valence electrons. The van der Waals surface area contributed by atoms with Gasteiger partial charge in [-0.25, -0.2) is 8.42 Å². The van der Waals surface area contributed by atoms with Gasteiger partial charge in [0, 0.05) is 20.5 Å². The first kappa shape index (κ1) is 9.43. The first-order chi connectivity index (χ1) is 5.93. The van der Waals surface area contributed by atoms with E-state index < -0.39 is 9.84 Å². The molecule has 0 radical (unpaired) electrons. The van der Waals surface area contributed by atoms with Gasteiger partial charge in [-0.15, -0.1) is 0 Å². The molecule has 0 bridgehead atoms. The molecule has 0 aromatic carbocycles. The topological polar surface area (TPSA) is 43.4 Å². The lowest BCUT2D eigenvalue weighted by Crippen LogP contribution is -2.45. The Kier molecular flexibility index (Phi) is 1.78. The SMILES string of the molecule is COC1(C)C[N+]12CCCS(=O)(=O)C2. The summed E-state index contributed by atoms with van der Waals surface area (Å²) in [5, 5.41) is 0. The highest BCUT2D eigenvalue weighted by molar-refractivity contribution is 7.91. The molecule has 0 amide bonds. The van der Waals surface area contributed by atoms with Crippen molar-refractivity contribution < 1.29 is 17.6 Å². The summed E-state index contributed by atoms with van der Waals surface area (Å²) in [6, 6.07) is 0. The first-order valence-corrected chi connectivity index (χ1v) is 6.37. The maximum absolute atomic E-state index is 11.4. The maximum atomic E-state index is 11.4. The number of hydrogen-bond acceptors (Lipinski definition) is 3. The van der Waals surface area contributed by atoms with Gasteiger partial charge >= 0.3 is 0 Å². The Hall–Kier alpha value is -0.130. The van der Waals surface area contributed by atoms with Crippen molar-refractivity contribution in [1.82, 2.24) is 0 Å². The Morgan fingerprint density at radius 3 is 2.62 bits per heavy atom. The summed E-state index contributed by atoms with van der Waals surface area (Å²) in [7, 11) is -1.16. The predicted molar refractivity (Wildman–Crippen MR) is 48.7 cm³/mol. The van der Waals surface area contributed by atoms with E-state index in [4.69, 9.17) is 4.74 Å². The van der Waals surface area contributed by atoms with Gasteiger partial charge in [-0.1, -0.05) is 0 Å². The lowest BCUT2D eigenvalue weighted by molar-refractivity contribution is -0.835. The van der Waals surface area contributed by atoms with Gasteiger partial charge < -0.3 is 4.74 Å². The molecular formula is C8H16NO3S+. The van der Waals surface area contributed by atoms with Crippen LogP contribution in [0, 0.1) is 0 Å². The first-order valence-electron chi connectivity index (χ1n) is 4.55. The average Bonchev–Trinajstić information content (AvgIpc) is 2.54. The molecule has 2 aliphatic heterocycles. The van der Waals surface area contributed by atoms with Crippen molar-refractivity contribution >= 4 is 9.84 Å². The van der Waals surface area contributed by atoms with E-state index in [0.717, 1.165) is 19.5 Å². The number of rotatable bonds is 1. The highest BCUT2D eigenvalue weighted by atomic mass is 32.2. The smallest absolute Gasteiger partial charge is 0.251 e. The molecule has 2 fully saturated rings. The summed E-state index contributed by atoms with van der Waals surface area (Å²) < 4.78 is 28.9. The molecule has 4 nitrogen and oxygen atoms in total. The van der Waals surface area contributed by atoms with E-state index in [-0.39, 0.29) is 11.6 Å². The molecule has 2 saturated heterocycles. The normalized spacial score (nSPS) is 47.8. The third-order valence-electron chi connectivity index (χ3n) is 3.42. The van der Waals surface area contributed by atoms with Crippen LogP contribution in [0.1, 0.15) is 13.3 Å². The van der Waals surface area contributed by atoms with Crippen molar-refractivity contribution in [2.45, 2.75) is 19.1 Å². The van der Waals surface area contributed by atoms with Crippen LogP contribution in [-0.4, -0.2) is 50.5 Å². The fourth-order valence-electron chi connectivity index (χ4n) is 2.37. The van der Waals surface area contributed by atoms with Gasteiger partial charge in [0.15, 0.2) is 12.4 Å². The summed E-state index contributed by atoms with van der Waals surface area (Å²) in [4.78, 5) is 0. The molecule has 2 atom stereocenters. The second kappa shape index (κ2) is 2.46. The van der Waals surface area contributed by atoms with Gasteiger partial charge in [0.05, 0.1) is 12.3 Å². The molecule has 2 heterocycles. The third kappa shape index (κ3) is 1.30. The van der Waals surface area contributed by atoms with Gasteiger partial charge in [-0.2, -0.15) is 0 Å². The minimum absolute atomic E-state index is 0.229. The zero-order valence-electron chi connectivity index (χ0n) is 8.12. The van der Waals surface area contributed by atoms with Gasteiger partial charge in [0.1, 0.15) is 0 Å². The number of methoxy groups -OCH3 is 1. The van der Waals surface area contributed by atoms with E-state index in [9.17, 15) is 8.42 Å². The lowest BCUT2D eigenvalue weighted by Gasteiger charge is -2.27. The summed E-state index contributed by atoms with van der Waals surface area (Å²) in [5.41, 5.74) is -0.229. The fourth-order valence-corrected chi connectivity index (χ4v) is 4.32.